The molecule has 0 bridgehead atoms. The first-order chi connectivity index (χ1) is 11.4. The van der Waals surface area contributed by atoms with Gasteiger partial charge >= 0.3 is 6.18 Å². The Morgan fingerprint density at radius 1 is 1.36 bits per heavy atom. The Morgan fingerprint density at radius 3 is 2.40 bits per heavy atom. The zero-order chi connectivity index (χ0) is 19.2. The molecule has 1 fully saturated rings. The molecule has 138 valence electrons. The molecular formula is C15H17F3N2O4S. The summed E-state index contributed by atoms with van der Waals surface area (Å²) >= 11 is 0. The number of carbonyl (C=O) groups is 1. The van der Waals surface area contributed by atoms with Crippen molar-refractivity contribution in [3.63, 3.8) is 0 Å². The molecule has 1 aliphatic heterocycles. The monoisotopic (exact) mass is 378 g/mol. The van der Waals surface area contributed by atoms with Gasteiger partial charge in [-0.25, -0.2) is 13.8 Å². The average Bonchev–Trinajstić information content (AvgIpc) is 2.78. The van der Waals surface area contributed by atoms with E-state index in [1.54, 1.807) is 13.8 Å². The summed E-state index contributed by atoms with van der Waals surface area (Å²) in [6.45, 7) is 3.56. The highest BCUT2D eigenvalue weighted by molar-refractivity contribution is 7.90. The lowest BCUT2D eigenvalue weighted by molar-refractivity contribution is -0.137. The third-order valence-corrected chi connectivity index (χ3v) is 4.93. The summed E-state index contributed by atoms with van der Waals surface area (Å²) in [4.78, 5) is 11.6. The van der Waals surface area contributed by atoms with Crippen molar-refractivity contribution in [3.8, 4) is 0 Å². The third kappa shape index (κ3) is 3.64. The van der Waals surface area contributed by atoms with Crippen LogP contribution in [-0.2, 0) is 20.8 Å². The molecule has 0 saturated carbocycles. The Balaban J connectivity index is 2.71. The topological polar surface area (TPSA) is 86.7 Å². The minimum absolute atomic E-state index is 0.105. The number of hydrogen-bond acceptors (Lipinski definition) is 5. The summed E-state index contributed by atoms with van der Waals surface area (Å²) in [5, 5.41) is 11.7. The van der Waals surface area contributed by atoms with E-state index in [9.17, 15) is 31.5 Å². The summed E-state index contributed by atoms with van der Waals surface area (Å²) in [6.07, 6.45) is -4.00. The summed E-state index contributed by atoms with van der Waals surface area (Å²) in [5.74, 6) is -1.22. The zero-order valence-electron chi connectivity index (χ0n) is 13.7. The highest BCUT2D eigenvalue weighted by atomic mass is 32.2. The van der Waals surface area contributed by atoms with Gasteiger partial charge in [-0.2, -0.15) is 13.2 Å². The van der Waals surface area contributed by atoms with E-state index < -0.39 is 44.2 Å². The largest absolute Gasteiger partial charge is 0.507 e. The molecule has 0 spiro atoms. The predicted molar refractivity (Wildman–Crippen MR) is 84.1 cm³/mol. The number of likely N-dealkylation sites (N-methyl/N-ethyl adjacent to an activating group) is 1. The van der Waals surface area contributed by atoms with E-state index in [4.69, 9.17) is 0 Å². The van der Waals surface area contributed by atoms with Crippen molar-refractivity contribution < 1.29 is 31.5 Å². The van der Waals surface area contributed by atoms with Gasteiger partial charge in [0.25, 0.3) is 5.91 Å². The van der Waals surface area contributed by atoms with Crippen LogP contribution in [0.4, 0.5) is 13.2 Å². The van der Waals surface area contributed by atoms with Crippen LogP contribution in [0.1, 0.15) is 25.0 Å². The number of hydrogen-bond donors (Lipinski definition) is 2. The van der Waals surface area contributed by atoms with Gasteiger partial charge in [-0.3, -0.25) is 9.80 Å². The number of halogens is 3. The number of aliphatic hydroxyl groups is 1. The van der Waals surface area contributed by atoms with Gasteiger partial charge in [0, 0.05) is 18.4 Å². The normalized spacial score (nSPS) is 21.0. The van der Waals surface area contributed by atoms with Crippen molar-refractivity contribution in [1.29, 1.82) is 0 Å². The van der Waals surface area contributed by atoms with Crippen molar-refractivity contribution in [2.75, 3.05) is 12.8 Å². The maximum Gasteiger partial charge on any atom is 0.416 e. The molecule has 1 atom stereocenters. The van der Waals surface area contributed by atoms with Crippen molar-refractivity contribution in [2.24, 2.45) is 0 Å². The fourth-order valence-electron chi connectivity index (χ4n) is 2.57. The van der Waals surface area contributed by atoms with Gasteiger partial charge in [0.15, 0.2) is 9.84 Å². The molecule has 0 radical (unpaired) electrons. The molecule has 2 N–H and O–H groups in total. The molecule has 1 unspecified atom stereocenters. The molecule has 2 rings (SSSR count). The van der Waals surface area contributed by atoms with Gasteiger partial charge in [0.2, 0.25) is 0 Å². The molecule has 25 heavy (non-hydrogen) atoms. The van der Waals surface area contributed by atoms with Crippen molar-refractivity contribution in [2.45, 2.75) is 31.0 Å². The lowest BCUT2D eigenvalue weighted by Gasteiger charge is -2.14. The van der Waals surface area contributed by atoms with Crippen LogP contribution in [0.2, 0.25) is 0 Å². The second kappa shape index (κ2) is 6.34. The molecule has 6 nitrogen and oxygen atoms in total. The number of carbonyl (C=O) groups excluding carboxylic acids is 1. The van der Waals surface area contributed by atoms with Gasteiger partial charge < -0.3 is 5.11 Å². The molecule has 0 aliphatic carbocycles. The van der Waals surface area contributed by atoms with Crippen molar-refractivity contribution in [1.82, 2.24) is 10.4 Å². The number of amides is 1. The van der Waals surface area contributed by atoms with Crippen LogP contribution in [0.15, 0.2) is 28.7 Å². The first-order valence-corrected chi connectivity index (χ1v) is 9.20. The second-order valence-electron chi connectivity index (χ2n) is 5.64. The third-order valence-electron chi connectivity index (χ3n) is 3.79. The van der Waals surface area contributed by atoms with Crippen molar-refractivity contribution >= 4 is 21.5 Å². The number of alkyl halides is 3. The molecule has 1 heterocycles. The Kier molecular flexibility index (Phi) is 4.88. The minimum atomic E-state index is -4.74. The highest BCUT2D eigenvalue weighted by Gasteiger charge is 2.37. The first-order valence-electron chi connectivity index (χ1n) is 7.30. The number of hydrazine groups is 1. The highest BCUT2D eigenvalue weighted by Crippen LogP contribution is 2.35. The molecule has 0 aromatic heterocycles. The van der Waals surface area contributed by atoms with Crippen LogP contribution in [0.25, 0.3) is 5.76 Å². The molecule has 1 aliphatic rings. The average molecular weight is 378 g/mol. The van der Waals surface area contributed by atoms with Crippen LogP contribution in [-0.4, -0.2) is 43.3 Å². The SMILES string of the molecule is CCN1NC(C)C(=C(O)c2ccc(C(F)(F)F)cc2S(C)(=O)=O)C1=O. The van der Waals surface area contributed by atoms with E-state index in [0.29, 0.717) is 18.7 Å². The minimum Gasteiger partial charge on any atom is -0.507 e. The van der Waals surface area contributed by atoms with E-state index >= 15 is 0 Å². The maximum atomic E-state index is 12.9. The summed E-state index contributed by atoms with van der Waals surface area (Å²) in [7, 11) is -4.08. The van der Waals surface area contributed by atoms with Crippen LogP contribution in [0.3, 0.4) is 0 Å². The number of aliphatic hydroxyl groups excluding tert-OH is 1. The molecule has 1 amide bonds. The molecular weight excluding hydrogens is 361 g/mol. The molecule has 1 saturated heterocycles. The fraction of sp³-hybridized carbons (Fsp3) is 0.400. The number of sulfone groups is 1. The fourth-order valence-corrected chi connectivity index (χ4v) is 3.48. The molecule has 1 aromatic carbocycles. The summed E-state index contributed by atoms with van der Waals surface area (Å²) < 4.78 is 62.5. The number of nitrogens with zero attached hydrogens (tertiary/aromatic N) is 1. The summed E-state index contributed by atoms with van der Waals surface area (Å²) in [6, 6.07) is 1.35. The lowest BCUT2D eigenvalue weighted by atomic mass is 10.0. The Labute approximate surface area is 142 Å². The van der Waals surface area contributed by atoms with E-state index in [-0.39, 0.29) is 11.1 Å². The Hall–Kier alpha value is -2.07. The van der Waals surface area contributed by atoms with E-state index in [1.165, 1.54) is 5.01 Å². The Morgan fingerprint density at radius 2 is 1.96 bits per heavy atom. The predicted octanol–water partition coefficient (Wildman–Crippen LogP) is 2.13. The van der Waals surface area contributed by atoms with Gasteiger partial charge in [-0.15, -0.1) is 0 Å². The second-order valence-corrected chi connectivity index (χ2v) is 7.63. The van der Waals surface area contributed by atoms with Gasteiger partial charge in [0.05, 0.1) is 22.1 Å². The van der Waals surface area contributed by atoms with E-state index in [2.05, 4.69) is 5.43 Å². The zero-order valence-corrected chi connectivity index (χ0v) is 14.5. The number of rotatable bonds is 3. The van der Waals surface area contributed by atoms with Crippen LogP contribution < -0.4 is 5.43 Å². The number of nitrogens with one attached hydrogen (secondary N) is 1. The molecule has 10 heteroatoms. The van der Waals surface area contributed by atoms with E-state index in [0.717, 1.165) is 12.3 Å². The smallest absolute Gasteiger partial charge is 0.416 e. The Bertz CT molecular complexity index is 847. The van der Waals surface area contributed by atoms with Gasteiger partial charge in [-0.1, -0.05) is 0 Å². The van der Waals surface area contributed by atoms with E-state index in [1.807, 2.05) is 0 Å². The lowest BCUT2D eigenvalue weighted by Crippen LogP contribution is -2.36. The van der Waals surface area contributed by atoms with Crippen LogP contribution in [0, 0.1) is 0 Å². The number of benzene rings is 1. The van der Waals surface area contributed by atoms with Crippen molar-refractivity contribution in [3.05, 3.63) is 34.9 Å². The van der Waals surface area contributed by atoms with Gasteiger partial charge in [0.1, 0.15) is 5.76 Å². The van der Waals surface area contributed by atoms with Crippen LogP contribution >= 0.6 is 0 Å². The standard InChI is InChI=1S/C15H17F3N2O4S/c1-4-20-14(22)12(8(2)19-20)13(21)10-6-5-9(15(16,17)18)7-11(10)25(3,23)24/h5-8,19,21H,4H2,1-3H3. The molecule has 1 aromatic rings. The quantitative estimate of drug-likeness (QED) is 0.622. The first kappa shape index (κ1) is 19.3. The maximum absolute atomic E-state index is 12.9. The summed E-state index contributed by atoms with van der Waals surface area (Å²) in [5.41, 5.74) is 1.18. The van der Waals surface area contributed by atoms with Gasteiger partial charge in [-0.05, 0) is 32.0 Å². The van der Waals surface area contributed by atoms with Crippen LogP contribution in [0.5, 0.6) is 0 Å².